The molecular weight excluding hydrogens is 279 g/mol. The van der Waals surface area contributed by atoms with Gasteiger partial charge in [-0.05, 0) is 6.42 Å². The zero-order valence-electron chi connectivity index (χ0n) is 9.93. The summed E-state index contributed by atoms with van der Waals surface area (Å²) in [6.07, 6.45) is 0.614. The van der Waals surface area contributed by atoms with E-state index in [0.29, 0.717) is 0 Å². The highest BCUT2D eigenvalue weighted by Crippen LogP contribution is 2.34. The fourth-order valence-corrected chi connectivity index (χ4v) is 1.82. The highest BCUT2D eigenvalue weighted by atomic mass is 31.2. The van der Waals surface area contributed by atoms with E-state index in [2.05, 4.69) is 0 Å². The zero-order valence-corrected chi connectivity index (χ0v) is 10.8. The quantitative estimate of drug-likeness (QED) is 0.453. The van der Waals surface area contributed by atoms with Gasteiger partial charge < -0.3 is 19.6 Å². The van der Waals surface area contributed by atoms with Crippen molar-refractivity contribution >= 4 is 7.60 Å². The number of nitrogens with one attached hydrogen (secondary N) is 1. The number of aromatic nitrogens is 2. The average Bonchev–Trinajstić information content (AvgIpc) is 2.26. The van der Waals surface area contributed by atoms with E-state index in [1.807, 2.05) is 4.98 Å². The van der Waals surface area contributed by atoms with Gasteiger partial charge in [0.2, 0.25) is 0 Å². The predicted molar refractivity (Wildman–Crippen MR) is 64.9 cm³/mol. The molecule has 0 aliphatic heterocycles. The van der Waals surface area contributed by atoms with E-state index < -0.39 is 31.2 Å². The number of hydrogen-bond acceptors (Lipinski definition) is 5. The lowest BCUT2D eigenvalue weighted by molar-refractivity contribution is 0.109. The van der Waals surface area contributed by atoms with Crippen molar-refractivity contribution in [3.8, 4) is 0 Å². The molecule has 1 aromatic rings. The highest BCUT2D eigenvalue weighted by molar-refractivity contribution is 7.51. The third kappa shape index (κ3) is 5.50. The monoisotopic (exact) mass is 294 g/mol. The lowest BCUT2D eigenvalue weighted by Gasteiger charge is -2.18. The van der Waals surface area contributed by atoms with Crippen LogP contribution < -0.4 is 11.2 Å². The Morgan fingerprint density at radius 2 is 2.11 bits per heavy atom. The standard InChI is InChI=1S/C9H15N2O7P/c12-4-2-7(5-18-6-19(15,16)17)11-3-1-8(13)10-9(11)14/h1,3,7,12H,2,4-6H2,(H,10,13,14)(H2,15,16,17). The lowest BCUT2D eigenvalue weighted by atomic mass is 10.2. The normalized spacial score (nSPS) is 13.4. The third-order valence-electron chi connectivity index (χ3n) is 2.28. The molecule has 0 aliphatic rings. The molecule has 1 aromatic heterocycles. The van der Waals surface area contributed by atoms with Crippen LogP contribution in [0.2, 0.25) is 0 Å². The maximum Gasteiger partial charge on any atom is 0.350 e. The molecule has 1 unspecified atom stereocenters. The molecule has 0 aliphatic carbocycles. The number of aromatic amines is 1. The van der Waals surface area contributed by atoms with Crippen LogP contribution in [0, 0.1) is 0 Å². The first kappa shape index (κ1) is 15.8. The molecule has 0 saturated heterocycles. The van der Waals surface area contributed by atoms with Crippen LogP contribution in [0.25, 0.3) is 0 Å². The Morgan fingerprint density at radius 1 is 1.42 bits per heavy atom. The molecule has 1 atom stereocenters. The van der Waals surface area contributed by atoms with Crippen LogP contribution >= 0.6 is 7.60 Å². The van der Waals surface area contributed by atoms with Gasteiger partial charge in [0.1, 0.15) is 6.35 Å². The largest absolute Gasteiger partial charge is 0.396 e. The first-order valence-electron chi connectivity index (χ1n) is 5.38. The van der Waals surface area contributed by atoms with E-state index in [9.17, 15) is 14.2 Å². The van der Waals surface area contributed by atoms with Crippen molar-refractivity contribution in [2.75, 3.05) is 19.6 Å². The molecule has 0 aromatic carbocycles. The minimum absolute atomic E-state index is 0.146. The Balaban J connectivity index is 2.79. The van der Waals surface area contributed by atoms with Crippen LogP contribution in [-0.4, -0.2) is 44.0 Å². The molecule has 1 rings (SSSR count). The zero-order chi connectivity index (χ0) is 14.5. The van der Waals surface area contributed by atoms with Crippen molar-refractivity contribution in [3.05, 3.63) is 33.1 Å². The van der Waals surface area contributed by atoms with Gasteiger partial charge in [-0.1, -0.05) is 0 Å². The van der Waals surface area contributed by atoms with Crippen LogP contribution in [0.3, 0.4) is 0 Å². The van der Waals surface area contributed by atoms with Gasteiger partial charge in [0.05, 0.1) is 12.6 Å². The summed E-state index contributed by atoms with van der Waals surface area (Å²) >= 11 is 0. The van der Waals surface area contributed by atoms with Crippen LogP contribution in [0.5, 0.6) is 0 Å². The molecule has 0 fully saturated rings. The van der Waals surface area contributed by atoms with Gasteiger partial charge in [-0.15, -0.1) is 0 Å². The van der Waals surface area contributed by atoms with E-state index in [1.54, 1.807) is 0 Å². The van der Waals surface area contributed by atoms with Gasteiger partial charge in [0, 0.05) is 18.9 Å². The second-order valence-corrected chi connectivity index (χ2v) is 5.44. The number of aliphatic hydroxyl groups is 1. The van der Waals surface area contributed by atoms with Crippen LogP contribution in [0.1, 0.15) is 12.5 Å². The number of ether oxygens (including phenoxy) is 1. The van der Waals surface area contributed by atoms with Gasteiger partial charge in [0.15, 0.2) is 0 Å². The Bertz CT molecular complexity index is 560. The molecule has 108 valence electrons. The Kier molecular flexibility index (Phi) is 5.64. The van der Waals surface area contributed by atoms with Gasteiger partial charge in [-0.25, -0.2) is 4.79 Å². The Morgan fingerprint density at radius 3 is 2.63 bits per heavy atom. The van der Waals surface area contributed by atoms with Crippen molar-refractivity contribution in [2.45, 2.75) is 12.5 Å². The maximum absolute atomic E-state index is 11.5. The van der Waals surface area contributed by atoms with E-state index in [4.69, 9.17) is 19.6 Å². The lowest BCUT2D eigenvalue weighted by Crippen LogP contribution is -2.33. The summed E-state index contributed by atoms with van der Waals surface area (Å²) in [5.74, 6) is 0. The van der Waals surface area contributed by atoms with E-state index in [1.165, 1.54) is 6.20 Å². The fourth-order valence-electron chi connectivity index (χ4n) is 1.47. The number of H-pyrrole nitrogens is 1. The first-order chi connectivity index (χ1) is 8.83. The Hall–Kier alpha value is -1.25. The summed E-state index contributed by atoms with van der Waals surface area (Å²) in [7, 11) is -4.28. The number of rotatable bonds is 7. The van der Waals surface area contributed by atoms with Gasteiger partial charge in [-0.2, -0.15) is 0 Å². The summed E-state index contributed by atoms with van der Waals surface area (Å²) < 4.78 is 16.6. The second-order valence-electron chi connectivity index (χ2n) is 3.85. The molecule has 0 saturated carbocycles. The van der Waals surface area contributed by atoms with Crippen LogP contribution in [0.4, 0.5) is 0 Å². The van der Waals surface area contributed by atoms with Crippen molar-refractivity contribution in [1.82, 2.24) is 9.55 Å². The SMILES string of the molecule is O=c1ccn(C(CCO)COCP(=O)(O)O)c(=O)[nH]1. The van der Waals surface area contributed by atoms with E-state index in [-0.39, 0.29) is 19.6 Å². The summed E-state index contributed by atoms with van der Waals surface area (Å²) in [5, 5.41) is 8.91. The summed E-state index contributed by atoms with van der Waals surface area (Å²) in [5.41, 5.74) is -1.23. The average molecular weight is 294 g/mol. The summed E-state index contributed by atoms with van der Waals surface area (Å²) in [6.45, 7) is -0.410. The smallest absolute Gasteiger partial charge is 0.350 e. The fraction of sp³-hybridized carbons (Fsp3) is 0.556. The summed E-state index contributed by atoms with van der Waals surface area (Å²) in [4.78, 5) is 41.8. The number of nitrogens with zero attached hydrogens (tertiary/aromatic N) is 1. The Labute approximate surface area is 107 Å². The van der Waals surface area contributed by atoms with E-state index >= 15 is 0 Å². The molecule has 19 heavy (non-hydrogen) atoms. The molecular formula is C9H15N2O7P. The first-order valence-corrected chi connectivity index (χ1v) is 7.18. The molecule has 0 amide bonds. The predicted octanol–water partition coefficient (Wildman–Crippen LogP) is -1.39. The van der Waals surface area contributed by atoms with E-state index in [0.717, 1.165) is 10.6 Å². The molecule has 1 heterocycles. The van der Waals surface area contributed by atoms with Gasteiger partial charge >= 0.3 is 13.3 Å². The second kappa shape index (κ2) is 6.78. The molecule has 10 heteroatoms. The molecule has 0 radical (unpaired) electrons. The number of hydrogen-bond donors (Lipinski definition) is 4. The van der Waals surface area contributed by atoms with Crippen LogP contribution in [0.15, 0.2) is 21.9 Å². The topological polar surface area (TPSA) is 142 Å². The van der Waals surface area contributed by atoms with Crippen molar-refractivity contribution in [3.63, 3.8) is 0 Å². The van der Waals surface area contributed by atoms with Crippen molar-refractivity contribution in [1.29, 1.82) is 0 Å². The van der Waals surface area contributed by atoms with Crippen molar-refractivity contribution in [2.24, 2.45) is 0 Å². The van der Waals surface area contributed by atoms with Crippen molar-refractivity contribution < 1.29 is 24.2 Å². The molecule has 0 bridgehead atoms. The molecule has 4 N–H and O–H groups in total. The summed E-state index contributed by atoms with van der Waals surface area (Å²) in [6, 6.07) is 0.510. The third-order valence-corrected chi connectivity index (χ3v) is 2.80. The van der Waals surface area contributed by atoms with Gasteiger partial charge in [-0.3, -0.25) is 18.9 Å². The minimum atomic E-state index is -4.28. The number of aliphatic hydroxyl groups excluding tert-OH is 1. The van der Waals surface area contributed by atoms with Gasteiger partial charge in [0.25, 0.3) is 5.56 Å². The molecule has 0 spiro atoms. The molecule has 9 nitrogen and oxygen atoms in total. The maximum atomic E-state index is 11.5. The van der Waals surface area contributed by atoms with Crippen LogP contribution in [-0.2, 0) is 9.30 Å². The minimum Gasteiger partial charge on any atom is -0.396 e. The highest BCUT2D eigenvalue weighted by Gasteiger charge is 2.17.